The number of carbonyl (C=O) groups excluding carboxylic acids is 1. The normalized spacial score (nSPS) is 19.7. The van der Waals surface area contributed by atoms with Gasteiger partial charge in [0.1, 0.15) is 12.4 Å². The zero-order chi connectivity index (χ0) is 15.1. The van der Waals surface area contributed by atoms with E-state index in [0.29, 0.717) is 19.6 Å². The number of rotatable bonds is 1. The van der Waals surface area contributed by atoms with Crippen LogP contribution in [-0.4, -0.2) is 27.3 Å². The molecular weight excluding hydrogens is 300 g/mol. The van der Waals surface area contributed by atoms with Crippen molar-refractivity contribution in [3.63, 3.8) is 0 Å². The topological polar surface area (TPSA) is 58.1 Å². The van der Waals surface area contributed by atoms with Gasteiger partial charge in [0.25, 0.3) is 0 Å². The van der Waals surface area contributed by atoms with Crippen LogP contribution in [0.25, 0.3) is 0 Å². The predicted molar refractivity (Wildman–Crippen MR) is 82.2 cm³/mol. The highest BCUT2D eigenvalue weighted by atomic mass is 35.5. The van der Waals surface area contributed by atoms with Gasteiger partial charge >= 0.3 is 0 Å². The van der Waals surface area contributed by atoms with Gasteiger partial charge in [0.15, 0.2) is 0 Å². The fraction of sp³-hybridized carbons (Fsp3) is 0.312. The van der Waals surface area contributed by atoms with E-state index in [2.05, 4.69) is 15.3 Å². The lowest BCUT2D eigenvalue weighted by atomic mass is 9.98. The number of nitrogens with one attached hydrogen (secondary N) is 1. The van der Waals surface area contributed by atoms with E-state index in [1.807, 2.05) is 23.1 Å². The quantitative estimate of drug-likeness (QED) is 0.873. The van der Waals surface area contributed by atoms with Gasteiger partial charge in [-0.2, -0.15) is 0 Å². The summed E-state index contributed by atoms with van der Waals surface area (Å²) in [4.78, 5) is 23.0. The molecular formula is C16H15ClN4O. The van der Waals surface area contributed by atoms with E-state index < -0.39 is 0 Å². The van der Waals surface area contributed by atoms with Crippen molar-refractivity contribution >= 4 is 17.5 Å². The minimum Gasteiger partial charge on any atom is -0.336 e. The zero-order valence-electron chi connectivity index (χ0n) is 11.9. The van der Waals surface area contributed by atoms with E-state index in [-0.39, 0.29) is 11.9 Å². The minimum absolute atomic E-state index is 0.0826. The second-order valence-electron chi connectivity index (χ2n) is 5.63. The van der Waals surface area contributed by atoms with Crippen molar-refractivity contribution in [2.45, 2.75) is 25.6 Å². The van der Waals surface area contributed by atoms with E-state index in [9.17, 15) is 4.79 Å². The molecule has 0 bridgehead atoms. The van der Waals surface area contributed by atoms with Crippen LogP contribution in [0.15, 0.2) is 30.7 Å². The summed E-state index contributed by atoms with van der Waals surface area (Å²) >= 11 is 6.23. The van der Waals surface area contributed by atoms with E-state index in [1.54, 1.807) is 6.20 Å². The van der Waals surface area contributed by atoms with Gasteiger partial charge < -0.3 is 4.90 Å². The lowest BCUT2D eigenvalue weighted by molar-refractivity contribution is -0.134. The number of carbonyl (C=O) groups is 1. The second-order valence-corrected chi connectivity index (χ2v) is 6.03. The molecule has 3 heterocycles. The molecule has 1 amide bonds. The molecule has 2 aliphatic heterocycles. The number of hydrogen-bond donors (Lipinski definition) is 1. The molecule has 1 unspecified atom stereocenters. The van der Waals surface area contributed by atoms with E-state index >= 15 is 0 Å². The van der Waals surface area contributed by atoms with Gasteiger partial charge in [-0.25, -0.2) is 9.97 Å². The van der Waals surface area contributed by atoms with Crippen molar-refractivity contribution < 1.29 is 4.79 Å². The van der Waals surface area contributed by atoms with Crippen molar-refractivity contribution in [3.8, 4) is 0 Å². The Morgan fingerprint density at radius 2 is 2.32 bits per heavy atom. The van der Waals surface area contributed by atoms with Gasteiger partial charge in [-0.15, -0.1) is 0 Å². The molecule has 0 fully saturated rings. The van der Waals surface area contributed by atoms with Gasteiger partial charge in [0.05, 0.1) is 5.69 Å². The number of amides is 1. The molecule has 5 nitrogen and oxygen atoms in total. The molecule has 2 aliphatic rings. The van der Waals surface area contributed by atoms with Crippen LogP contribution in [0, 0.1) is 0 Å². The third kappa shape index (κ3) is 2.17. The maximum atomic E-state index is 12.8. The molecule has 0 saturated carbocycles. The van der Waals surface area contributed by atoms with Crippen molar-refractivity contribution in [1.82, 2.24) is 20.2 Å². The molecule has 1 aromatic heterocycles. The van der Waals surface area contributed by atoms with Gasteiger partial charge in [0, 0.05) is 36.4 Å². The van der Waals surface area contributed by atoms with Crippen LogP contribution in [0.1, 0.15) is 28.4 Å². The van der Waals surface area contributed by atoms with Crippen LogP contribution in [0.4, 0.5) is 0 Å². The molecule has 1 N–H and O–H groups in total. The average molecular weight is 315 g/mol. The summed E-state index contributed by atoms with van der Waals surface area (Å²) in [5.41, 5.74) is 4.10. The predicted octanol–water partition coefficient (Wildman–Crippen LogP) is 1.86. The number of benzene rings is 1. The van der Waals surface area contributed by atoms with Crippen LogP contribution >= 0.6 is 11.6 Å². The summed E-state index contributed by atoms with van der Waals surface area (Å²) in [6.45, 7) is 1.91. The molecule has 4 rings (SSSR count). The molecule has 0 aliphatic carbocycles. The molecule has 112 valence electrons. The molecule has 1 aromatic carbocycles. The number of nitrogens with zero attached hydrogens (tertiary/aromatic N) is 3. The highest BCUT2D eigenvalue weighted by Crippen LogP contribution is 2.29. The number of halogens is 1. The smallest absolute Gasteiger partial charge is 0.244 e. The van der Waals surface area contributed by atoms with Crippen molar-refractivity contribution in [3.05, 3.63) is 58.1 Å². The van der Waals surface area contributed by atoms with E-state index in [0.717, 1.165) is 33.8 Å². The van der Waals surface area contributed by atoms with Gasteiger partial charge in [-0.05, 0) is 23.6 Å². The van der Waals surface area contributed by atoms with Crippen molar-refractivity contribution in [2.24, 2.45) is 0 Å². The van der Waals surface area contributed by atoms with Crippen LogP contribution in [0.5, 0.6) is 0 Å². The molecule has 0 radical (unpaired) electrons. The standard InChI is InChI=1S/C16H15ClN4O/c17-13-3-1-2-10-8-21(5-4-11(10)13)16(22)15-12-6-18-9-20-14(12)7-19-15/h1-3,6,9,15,19H,4-5,7-8H2. The van der Waals surface area contributed by atoms with E-state index in [1.165, 1.54) is 6.33 Å². The van der Waals surface area contributed by atoms with Crippen LogP contribution in [0.2, 0.25) is 5.02 Å². The first kappa shape index (κ1) is 13.7. The van der Waals surface area contributed by atoms with Crippen molar-refractivity contribution in [1.29, 1.82) is 0 Å². The maximum Gasteiger partial charge on any atom is 0.244 e. The summed E-state index contributed by atoms with van der Waals surface area (Å²) in [5.74, 6) is 0.0826. The highest BCUT2D eigenvalue weighted by Gasteiger charge is 2.33. The largest absolute Gasteiger partial charge is 0.336 e. The minimum atomic E-state index is -0.336. The summed E-state index contributed by atoms with van der Waals surface area (Å²) in [5, 5.41) is 4.03. The molecule has 2 aromatic rings. The summed E-state index contributed by atoms with van der Waals surface area (Å²) < 4.78 is 0. The third-order valence-corrected chi connectivity index (χ3v) is 4.73. The monoisotopic (exact) mass is 314 g/mol. The second kappa shape index (κ2) is 5.34. The third-order valence-electron chi connectivity index (χ3n) is 4.38. The Bertz CT molecular complexity index is 749. The Hall–Kier alpha value is -1.98. The Labute approximate surface area is 133 Å². The van der Waals surface area contributed by atoms with Crippen LogP contribution < -0.4 is 5.32 Å². The SMILES string of the molecule is O=C(C1NCc2ncncc21)N1CCc2c(Cl)cccc2C1. The molecule has 6 heteroatoms. The van der Waals surface area contributed by atoms with E-state index in [4.69, 9.17) is 11.6 Å². The summed E-state index contributed by atoms with van der Waals surface area (Å²) in [7, 11) is 0. The molecule has 22 heavy (non-hydrogen) atoms. The maximum absolute atomic E-state index is 12.8. The number of fused-ring (bicyclic) bond motifs is 2. The fourth-order valence-electron chi connectivity index (χ4n) is 3.22. The van der Waals surface area contributed by atoms with Gasteiger partial charge in [-0.3, -0.25) is 10.1 Å². The first-order valence-corrected chi connectivity index (χ1v) is 7.69. The average Bonchev–Trinajstić information content (AvgIpc) is 2.98. The Balaban J connectivity index is 1.58. The summed E-state index contributed by atoms with van der Waals surface area (Å²) in [6, 6.07) is 5.55. The van der Waals surface area contributed by atoms with Gasteiger partial charge in [-0.1, -0.05) is 23.7 Å². The first-order chi connectivity index (χ1) is 10.7. The van der Waals surface area contributed by atoms with Gasteiger partial charge in [0.2, 0.25) is 5.91 Å². The van der Waals surface area contributed by atoms with Crippen molar-refractivity contribution in [2.75, 3.05) is 6.54 Å². The Morgan fingerprint density at radius 1 is 1.41 bits per heavy atom. The number of hydrogen-bond acceptors (Lipinski definition) is 4. The highest BCUT2D eigenvalue weighted by molar-refractivity contribution is 6.31. The van der Waals surface area contributed by atoms with Crippen LogP contribution in [0.3, 0.4) is 0 Å². The molecule has 0 saturated heterocycles. The first-order valence-electron chi connectivity index (χ1n) is 7.31. The fourth-order valence-corrected chi connectivity index (χ4v) is 3.51. The molecule has 0 spiro atoms. The van der Waals surface area contributed by atoms with Crippen LogP contribution in [-0.2, 0) is 24.3 Å². The molecule has 1 atom stereocenters. The Kier molecular flexibility index (Phi) is 3.32. The zero-order valence-corrected chi connectivity index (χ0v) is 12.7. The summed E-state index contributed by atoms with van der Waals surface area (Å²) in [6.07, 6.45) is 4.05. The lowest BCUT2D eigenvalue weighted by Crippen LogP contribution is -2.41. The Morgan fingerprint density at radius 3 is 3.23 bits per heavy atom. The lowest BCUT2D eigenvalue weighted by Gasteiger charge is -2.31. The number of aromatic nitrogens is 2.